The molecule has 3 aromatic rings. The van der Waals surface area contributed by atoms with Crippen molar-refractivity contribution in [1.82, 2.24) is 19.7 Å². The van der Waals surface area contributed by atoms with Gasteiger partial charge in [0.25, 0.3) is 0 Å². The fourth-order valence-corrected chi connectivity index (χ4v) is 1.82. The molecule has 0 aliphatic heterocycles. The number of aromatic nitrogens is 4. The lowest BCUT2D eigenvalue weighted by molar-refractivity contribution is 0.0608. The van der Waals surface area contributed by atoms with Gasteiger partial charge in [0.1, 0.15) is 5.52 Å². The van der Waals surface area contributed by atoms with Gasteiger partial charge < -0.3 is 0 Å². The molecule has 0 saturated carbocycles. The number of rotatable bonds is 2. The van der Waals surface area contributed by atoms with E-state index in [2.05, 4.69) is 15.1 Å². The third-order valence-corrected chi connectivity index (χ3v) is 2.77. The molecule has 0 N–H and O–H groups in total. The largest absolute Gasteiger partial charge is 0.335 e. The van der Waals surface area contributed by atoms with Crippen molar-refractivity contribution in [2.24, 2.45) is 0 Å². The number of fused-ring (bicyclic) bond motifs is 1. The van der Waals surface area contributed by atoms with E-state index in [0.717, 1.165) is 24.5 Å². The van der Waals surface area contributed by atoms with Crippen molar-refractivity contribution in [2.75, 3.05) is 0 Å². The summed E-state index contributed by atoms with van der Waals surface area (Å²) < 4.78 is 64.8. The Morgan fingerprint density at radius 3 is 2.29 bits per heavy atom. The molecular weight excluding hydrogens is 295 g/mol. The van der Waals surface area contributed by atoms with E-state index in [1.54, 1.807) is 0 Å². The van der Waals surface area contributed by atoms with Gasteiger partial charge in [-0.2, -0.15) is 18.6 Å². The fourth-order valence-electron chi connectivity index (χ4n) is 1.82. The van der Waals surface area contributed by atoms with Crippen LogP contribution < -0.4 is 0 Å². The normalized spacial score (nSPS) is 11.5. The Morgan fingerprint density at radius 2 is 1.67 bits per heavy atom. The minimum atomic E-state index is -2.89. The maximum absolute atomic E-state index is 13.2. The highest BCUT2D eigenvalue weighted by Gasteiger charge is 2.16. The van der Waals surface area contributed by atoms with Crippen LogP contribution in [0.4, 0.5) is 22.0 Å². The first-order chi connectivity index (χ1) is 9.97. The molecule has 108 valence electrons. The van der Waals surface area contributed by atoms with E-state index >= 15 is 0 Å². The zero-order valence-corrected chi connectivity index (χ0v) is 10.1. The second-order valence-corrected chi connectivity index (χ2v) is 4.08. The summed E-state index contributed by atoms with van der Waals surface area (Å²) in [6.07, 6.45) is 2.10. The first kappa shape index (κ1) is 13.4. The quantitative estimate of drug-likeness (QED) is 0.539. The van der Waals surface area contributed by atoms with Crippen molar-refractivity contribution in [3.05, 3.63) is 42.0 Å². The molecule has 0 radical (unpaired) electrons. The topological polar surface area (TPSA) is 43.6 Å². The molecule has 0 aliphatic rings. The highest BCUT2D eigenvalue weighted by molar-refractivity contribution is 5.73. The van der Waals surface area contributed by atoms with E-state index < -0.39 is 24.0 Å². The van der Waals surface area contributed by atoms with Gasteiger partial charge in [-0.05, 0) is 12.1 Å². The molecule has 2 aromatic heterocycles. The molecule has 0 unspecified atom stereocenters. The Hall–Kier alpha value is -2.58. The fraction of sp³-hybridized carbons (Fsp3) is 0.0833. The molecule has 0 saturated heterocycles. The van der Waals surface area contributed by atoms with Crippen LogP contribution in [0.5, 0.6) is 0 Å². The molecule has 2 heterocycles. The van der Waals surface area contributed by atoms with Gasteiger partial charge in [-0.1, -0.05) is 0 Å². The first-order valence-corrected chi connectivity index (χ1v) is 5.60. The van der Waals surface area contributed by atoms with Crippen molar-refractivity contribution in [1.29, 1.82) is 0 Å². The Morgan fingerprint density at radius 1 is 1.00 bits per heavy atom. The maximum atomic E-state index is 13.2. The second-order valence-electron chi connectivity index (χ2n) is 4.08. The Bertz CT molecular complexity index is 807. The summed E-state index contributed by atoms with van der Waals surface area (Å²) in [5.74, 6) is -4.36. The lowest BCUT2D eigenvalue weighted by atomic mass is 10.1. The molecule has 9 heteroatoms. The highest BCUT2D eigenvalue weighted by Crippen LogP contribution is 2.24. The summed E-state index contributed by atoms with van der Waals surface area (Å²) in [7, 11) is 0. The number of halogens is 5. The standard InChI is InChI=1S/C12H5F5N4/c13-6-1-5(2-7(14)10(6)15)8-3-18-11-9(20-8)4-19-21(11)12(16)17/h1-4,12H. The molecule has 0 bridgehead atoms. The molecule has 0 fully saturated rings. The Kier molecular flexibility index (Phi) is 3.04. The molecular formula is C12H5F5N4. The number of hydrogen-bond donors (Lipinski definition) is 0. The van der Waals surface area contributed by atoms with Crippen molar-refractivity contribution in [3.63, 3.8) is 0 Å². The Balaban J connectivity index is 2.14. The maximum Gasteiger partial charge on any atom is 0.335 e. The molecule has 0 spiro atoms. The van der Waals surface area contributed by atoms with Gasteiger partial charge in [-0.15, -0.1) is 0 Å². The highest BCUT2D eigenvalue weighted by atomic mass is 19.3. The molecule has 0 atom stereocenters. The third kappa shape index (κ3) is 2.20. The lowest BCUT2D eigenvalue weighted by Crippen LogP contribution is -2.01. The number of nitrogens with zero attached hydrogens (tertiary/aromatic N) is 4. The zero-order valence-electron chi connectivity index (χ0n) is 10.1. The van der Waals surface area contributed by atoms with E-state index in [1.165, 1.54) is 0 Å². The van der Waals surface area contributed by atoms with Crippen LogP contribution in [0.1, 0.15) is 6.55 Å². The van der Waals surface area contributed by atoms with Crippen molar-refractivity contribution < 1.29 is 22.0 Å². The zero-order chi connectivity index (χ0) is 15.1. The molecule has 0 aliphatic carbocycles. The van der Waals surface area contributed by atoms with Gasteiger partial charge in [-0.3, -0.25) is 0 Å². The van der Waals surface area contributed by atoms with Gasteiger partial charge in [0.15, 0.2) is 23.1 Å². The van der Waals surface area contributed by atoms with Gasteiger partial charge in [0, 0.05) is 5.56 Å². The van der Waals surface area contributed by atoms with E-state index in [9.17, 15) is 22.0 Å². The third-order valence-electron chi connectivity index (χ3n) is 2.77. The average Bonchev–Trinajstić information content (AvgIpc) is 2.87. The van der Waals surface area contributed by atoms with Gasteiger partial charge >= 0.3 is 6.55 Å². The molecule has 4 nitrogen and oxygen atoms in total. The van der Waals surface area contributed by atoms with Crippen LogP contribution in [-0.2, 0) is 0 Å². The average molecular weight is 300 g/mol. The van der Waals surface area contributed by atoms with Gasteiger partial charge in [0.2, 0.25) is 0 Å². The minimum absolute atomic E-state index is 0.00844. The van der Waals surface area contributed by atoms with Crippen LogP contribution in [0.2, 0.25) is 0 Å². The molecule has 0 amide bonds. The van der Waals surface area contributed by atoms with E-state index in [4.69, 9.17) is 0 Å². The van der Waals surface area contributed by atoms with Crippen LogP contribution >= 0.6 is 0 Å². The predicted octanol–water partition coefficient (Wildman–Crippen LogP) is 3.31. The smallest absolute Gasteiger partial charge is 0.241 e. The van der Waals surface area contributed by atoms with E-state index in [1.807, 2.05) is 0 Å². The first-order valence-electron chi connectivity index (χ1n) is 5.60. The van der Waals surface area contributed by atoms with Crippen molar-refractivity contribution in [3.8, 4) is 11.3 Å². The Labute approximate surface area is 113 Å². The monoisotopic (exact) mass is 300 g/mol. The van der Waals surface area contributed by atoms with Crippen molar-refractivity contribution in [2.45, 2.75) is 6.55 Å². The lowest BCUT2D eigenvalue weighted by Gasteiger charge is -2.04. The van der Waals surface area contributed by atoms with Crippen LogP contribution in [0.25, 0.3) is 22.4 Å². The summed E-state index contributed by atoms with van der Waals surface area (Å²) >= 11 is 0. The van der Waals surface area contributed by atoms with Crippen LogP contribution in [0.15, 0.2) is 24.5 Å². The molecule has 21 heavy (non-hydrogen) atoms. The predicted molar refractivity (Wildman–Crippen MR) is 61.9 cm³/mol. The molecule has 3 rings (SSSR count). The number of alkyl halides is 2. The SMILES string of the molecule is Fc1cc(-c2cnc3c(cnn3C(F)F)n2)cc(F)c1F. The van der Waals surface area contributed by atoms with Crippen LogP contribution in [0, 0.1) is 17.5 Å². The summed E-state index contributed by atoms with van der Waals surface area (Å²) in [6.45, 7) is -2.89. The van der Waals surface area contributed by atoms with Gasteiger partial charge in [-0.25, -0.2) is 23.1 Å². The summed E-state index contributed by atoms with van der Waals surface area (Å²) in [5.41, 5.74) is -0.200. The van der Waals surface area contributed by atoms with Crippen LogP contribution in [0.3, 0.4) is 0 Å². The number of benzene rings is 1. The summed E-state index contributed by atoms with van der Waals surface area (Å²) in [5, 5.41) is 3.41. The number of hydrogen-bond acceptors (Lipinski definition) is 3. The van der Waals surface area contributed by atoms with E-state index in [0.29, 0.717) is 4.68 Å². The van der Waals surface area contributed by atoms with Crippen LogP contribution in [-0.4, -0.2) is 19.7 Å². The van der Waals surface area contributed by atoms with E-state index in [-0.39, 0.29) is 22.4 Å². The minimum Gasteiger partial charge on any atom is -0.241 e. The summed E-state index contributed by atoms with van der Waals surface area (Å²) in [6, 6.07) is 1.48. The van der Waals surface area contributed by atoms with Crippen molar-refractivity contribution >= 4 is 11.2 Å². The van der Waals surface area contributed by atoms with Gasteiger partial charge in [0.05, 0.1) is 18.1 Å². The summed E-state index contributed by atoms with van der Waals surface area (Å²) in [4.78, 5) is 7.67. The molecule has 1 aromatic carbocycles. The second kappa shape index (κ2) is 4.76.